The van der Waals surface area contributed by atoms with Crippen LogP contribution in [0.1, 0.15) is 30.1 Å². The minimum absolute atomic E-state index is 0.0174. The number of hydrogen-bond acceptors (Lipinski definition) is 4. The number of hydrogen-bond donors (Lipinski definition) is 0. The fourth-order valence-electron chi connectivity index (χ4n) is 3.29. The number of carbonyl (C=O) groups is 1. The van der Waals surface area contributed by atoms with E-state index in [0.29, 0.717) is 33.8 Å². The summed E-state index contributed by atoms with van der Waals surface area (Å²) in [5, 5.41) is 4.71. The number of piperidine rings is 1. The molecule has 0 N–H and O–H groups in total. The number of halogens is 1. The van der Waals surface area contributed by atoms with Gasteiger partial charge in [0.1, 0.15) is 0 Å². The van der Waals surface area contributed by atoms with Crippen LogP contribution in [0, 0.1) is 5.92 Å². The maximum Gasteiger partial charge on any atom is 0.259 e. The van der Waals surface area contributed by atoms with E-state index in [4.69, 9.17) is 16.1 Å². The molecular weight excluding hydrogens is 362 g/mol. The second kappa shape index (κ2) is 7.53. The minimum Gasteiger partial charge on any atom is -0.339 e. The first-order valence-electron chi connectivity index (χ1n) is 9.10. The molecule has 1 fully saturated rings. The molecule has 0 unspecified atom stereocenters. The van der Waals surface area contributed by atoms with Crippen LogP contribution in [0.5, 0.6) is 0 Å². The second-order valence-electron chi connectivity index (χ2n) is 6.95. The van der Waals surface area contributed by atoms with E-state index in [2.05, 4.69) is 17.1 Å². The summed E-state index contributed by atoms with van der Waals surface area (Å²) in [5.41, 5.74) is 2.07. The lowest BCUT2D eigenvalue weighted by atomic mass is 9.98. The van der Waals surface area contributed by atoms with Crippen LogP contribution in [0.3, 0.4) is 0 Å². The summed E-state index contributed by atoms with van der Waals surface area (Å²) < 4.78 is 5.47. The van der Waals surface area contributed by atoms with Gasteiger partial charge in [0, 0.05) is 23.7 Å². The maximum atomic E-state index is 13.0. The number of benzene rings is 2. The van der Waals surface area contributed by atoms with Crippen LogP contribution in [0.15, 0.2) is 53.1 Å². The van der Waals surface area contributed by atoms with Crippen molar-refractivity contribution in [3.05, 3.63) is 59.1 Å². The molecule has 1 aromatic heterocycles. The molecule has 6 heteroatoms. The molecule has 0 radical (unpaired) electrons. The van der Waals surface area contributed by atoms with Crippen molar-refractivity contribution in [1.82, 2.24) is 15.0 Å². The molecule has 3 aromatic rings. The Hall–Kier alpha value is -2.66. The van der Waals surface area contributed by atoms with Gasteiger partial charge in [-0.15, -0.1) is 0 Å². The zero-order valence-corrected chi connectivity index (χ0v) is 15.8. The van der Waals surface area contributed by atoms with Crippen LogP contribution in [0.4, 0.5) is 0 Å². The Morgan fingerprint density at radius 3 is 2.56 bits per heavy atom. The molecule has 0 aliphatic carbocycles. The van der Waals surface area contributed by atoms with Gasteiger partial charge >= 0.3 is 0 Å². The molecule has 0 atom stereocenters. The van der Waals surface area contributed by atoms with Gasteiger partial charge in [0.15, 0.2) is 0 Å². The lowest BCUT2D eigenvalue weighted by molar-refractivity contribution is 0.0697. The SMILES string of the molecule is CC1CCN(C(=O)c2ccccc2-c2nc(-c3ccc(Cl)cc3)no2)CC1. The number of carbonyl (C=O) groups excluding carboxylic acids is 1. The summed E-state index contributed by atoms with van der Waals surface area (Å²) in [6.07, 6.45) is 2.07. The Balaban J connectivity index is 1.63. The zero-order chi connectivity index (χ0) is 18.8. The second-order valence-corrected chi connectivity index (χ2v) is 7.39. The number of amides is 1. The van der Waals surface area contributed by atoms with E-state index in [1.165, 1.54) is 0 Å². The highest BCUT2D eigenvalue weighted by atomic mass is 35.5. The third-order valence-electron chi connectivity index (χ3n) is 4.99. The average molecular weight is 382 g/mol. The number of nitrogens with zero attached hydrogens (tertiary/aromatic N) is 3. The van der Waals surface area contributed by atoms with E-state index in [9.17, 15) is 4.79 Å². The van der Waals surface area contributed by atoms with Gasteiger partial charge in [-0.25, -0.2) is 0 Å². The third kappa shape index (κ3) is 3.74. The summed E-state index contributed by atoms with van der Waals surface area (Å²) in [5.74, 6) is 1.50. The number of aromatic nitrogens is 2. The molecule has 27 heavy (non-hydrogen) atoms. The van der Waals surface area contributed by atoms with E-state index in [0.717, 1.165) is 31.5 Å². The van der Waals surface area contributed by atoms with Gasteiger partial charge in [0.2, 0.25) is 5.82 Å². The quantitative estimate of drug-likeness (QED) is 0.645. The highest BCUT2D eigenvalue weighted by Crippen LogP contribution is 2.28. The largest absolute Gasteiger partial charge is 0.339 e. The minimum atomic E-state index is 0.0174. The van der Waals surface area contributed by atoms with Crippen LogP contribution in [0.2, 0.25) is 5.02 Å². The maximum absolute atomic E-state index is 13.0. The first-order chi connectivity index (χ1) is 13.1. The van der Waals surface area contributed by atoms with Crippen molar-refractivity contribution in [2.24, 2.45) is 5.92 Å². The van der Waals surface area contributed by atoms with E-state index in [1.54, 1.807) is 12.1 Å². The molecule has 138 valence electrons. The Morgan fingerprint density at radius 1 is 1.11 bits per heavy atom. The van der Waals surface area contributed by atoms with E-state index >= 15 is 0 Å². The van der Waals surface area contributed by atoms with Crippen molar-refractivity contribution >= 4 is 17.5 Å². The predicted octanol–water partition coefficient (Wildman–Crippen LogP) is 4.93. The van der Waals surface area contributed by atoms with Crippen molar-refractivity contribution in [2.75, 3.05) is 13.1 Å². The standard InChI is InChI=1S/C21H20ClN3O2/c1-14-10-12-25(13-11-14)21(26)18-5-3-2-4-17(18)20-23-19(24-27-20)15-6-8-16(22)9-7-15/h2-9,14H,10-13H2,1H3. The summed E-state index contributed by atoms with van der Waals surface area (Å²) in [6, 6.07) is 14.6. The van der Waals surface area contributed by atoms with Gasteiger partial charge in [-0.3, -0.25) is 4.79 Å². The topological polar surface area (TPSA) is 59.2 Å². The highest BCUT2D eigenvalue weighted by Gasteiger charge is 2.25. The Labute approximate surface area is 163 Å². The van der Waals surface area contributed by atoms with Gasteiger partial charge < -0.3 is 9.42 Å². The summed E-state index contributed by atoms with van der Waals surface area (Å²) in [6.45, 7) is 3.80. The van der Waals surface area contributed by atoms with Crippen LogP contribution < -0.4 is 0 Å². The average Bonchev–Trinajstić information content (AvgIpc) is 3.19. The lowest BCUT2D eigenvalue weighted by Crippen LogP contribution is -2.38. The summed E-state index contributed by atoms with van der Waals surface area (Å²) in [7, 11) is 0. The molecule has 0 spiro atoms. The molecule has 0 saturated carbocycles. The highest BCUT2D eigenvalue weighted by molar-refractivity contribution is 6.30. The summed E-state index contributed by atoms with van der Waals surface area (Å²) >= 11 is 5.93. The molecule has 2 aromatic carbocycles. The van der Waals surface area contributed by atoms with Crippen molar-refractivity contribution < 1.29 is 9.32 Å². The molecule has 1 amide bonds. The molecule has 5 nitrogen and oxygen atoms in total. The first kappa shape index (κ1) is 17.7. The molecule has 1 aliphatic heterocycles. The monoisotopic (exact) mass is 381 g/mol. The van der Waals surface area contributed by atoms with Gasteiger partial charge in [0.25, 0.3) is 11.8 Å². The van der Waals surface area contributed by atoms with Crippen molar-refractivity contribution in [3.8, 4) is 22.8 Å². The van der Waals surface area contributed by atoms with Gasteiger partial charge in [-0.2, -0.15) is 4.98 Å². The van der Waals surface area contributed by atoms with Gasteiger partial charge in [-0.05, 0) is 55.2 Å². The predicted molar refractivity (Wildman–Crippen MR) is 104 cm³/mol. The smallest absolute Gasteiger partial charge is 0.259 e. The third-order valence-corrected chi connectivity index (χ3v) is 5.24. The fourth-order valence-corrected chi connectivity index (χ4v) is 3.41. The Morgan fingerprint density at radius 2 is 1.81 bits per heavy atom. The lowest BCUT2D eigenvalue weighted by Gasteiger charge is -2.30. The van der Waals surface area contributed by atoms with Crippen LogP contribution in [-0.4, -0.2) is 34.0 Å². The molecule has 1 aliphatic rings. The normalized spacial score (nSPS) is 15.1. The zero-order valence-electron chi connectivity index (χ0n) is 15.1. The molecule has 4 rings (SSSR count). The molecule has 1 saturated heterocycles. The van der Waals surface area contributed by atoms with Crippen molar-refractivity contribution in [1.29, 1.82) is 0 Å². The van der Waals surface area contributed by atoms with E-state index in [-0.39, 0.29) is 5.91 Å². The number of likely N-dealkylation sites (tertiary alicyclic amines) is 1. The molecular formula is C21H20ClN3O2. The number of rotatable bonds is 3. The molecule has 0 bridgehead atoms. The van der Waals surface area contributed by atoms with Gasteiger partial charge in [-0.1, -0.05) is 35.8 Å². The Kier molecular flexibility index (Phi) is 4.94. The van der Waals surface area contributed by atoms with Crippen molar-refractivity contribution in [2.45, 2.75) is 19.8 Å². The van der Waals surface area contributed by atoms with Gasteiger partial charge in [0.05, 0.1) is 11.1 Å². The van der Waals surface area contributed by atoms with Crippen LogP contribution in [0.25, 0.3) is 22.8 Å². The van der Waals surface area contributed by atoms with Crippen LogP contribution in [-0.2, 0) is 0 Å². The van der Waals surface area contributed by atoms with Crippen LogP contribution >= 0.6 is 11.6 Å². The fraction of sp³-hybridized carbons (Fsp3) is 0.286. The van der Waals surface area contributed by atoms with E-state index in [1.807, 2.05) is 41.3 Å². The summed E-state index contributed by atoms with van der Waals surface area (Å²) in [4.78, 5) is 19.4. The first-order valence-corrected chi connectivity index (χ1v) is 9.48. The van der Waals surface area contributed by atoms with E-state index < -0.39 is 0 Å². The Bertz CT molecular complexity index is 944. The molecule has 2 heterocycles. The van der Waals surface area contributed by atoms with Crippen molar-refractivity contribution in [3.63, 3.8) is 0 Å².